The number of benzene rings is 16. The number of aryl methyl sites for hydroxylation is 3. The van der Waals surface area contributed by atoms with E-state index in [-0.39, 0.29) is 77.9 Å². The molecule has 144 heavy (non-hydrogen) atoms. The van der Waals surface area contributed by atoms with Crippen molar-refractivity contribution in [1.29, 1.82) is 0 Å². The number of hydrogen-bond acceptors (Lipinski definition) is 12. The first-order valence-corrected chi connectivity index (χ1v) is 46.5. The maximum Gasteiger partial charge on any atom is 3.00 e. The van der Waals surface area contributed by atoms with Crippen LogP contribution in [-0.2, 0) is 77.9 Å². The van der Waals surface area contributed by atoms with Crippen molar-refractivity contribution < 1.29 is 77.9 Å². The molecule has 16 heteroatoms. The van der Waals surface area contributed by atoms with Crippen molar-refractivity contribution in [2.24, 2.45) is 0 Å². The van der Waals surface area contributed by atoms with Crippen LogP contribution < -0.4 is 39.2 Å². The monoisotopic (exact) mass is 2220 g/mol. The van der Waals surface area contributed by atoms with Gasteiger partial charge in [0.05, 0.1) is 0 Å². The van der Waals surface area contributed by atoms with Gasteiger partial charge in [-0.15, -0.1) is 212 Å². The number of nitrogens with zero attached hydrogens (tertiary/aromatic N) is 12. The molecule has 0 fully saturated rings. The van der Waals surface area contributed by atoms with Crippen LogP contribution in [-0.4, -0.2) is 48.1 Å². The summed E-state index contributed by atoms with van der Waals surface area (Å²) in [5, 5.41) is 0. The van der Waals surface area contributed by atoms with Crippen LogP contribution in [0.5, 0.6) is 0 Å². The smallest absolute Gasteiger partial charge is 0.504 e. The quantitative estimate of drug-likeness (QED) is 0.0864. The Bertz CT molecular complexity index is 6720. The van der Waals surface area contributed by atoms with E-state index in [2.05, 4.69) is 427 Å². The van der Waals surface area contributed by atoms with Crippen LogP contribution in [0.4, 0.5) is 68.2 Å². The van der Waals surface area contributed by atoms with Gasteiger partial charge in [-0.2, -0.15) is 99.0 Å². The summed E-state index contributed by atoms with van der Waals surface area (Å²) in [7, 11) is 8.30. The third-order valence-electron chi connectivity index (χ3n) is 23.8. The Morgan fingerprint density at radius 2 is 0.479 bits per heavy atom. The Kier molecular flexibility index (Phi) is 39.3. The SMILES string of the molecule is CN1[CH-]N(c2[c-]ccc(-c3ccccc3)c2)c2ccccc21.CN1[CH-]N(c2[c-]ccc(-c3ccccc3)c2)c2ccccc21.Cc1c[c-]c(N2[CH-]N(C)c3ccccc32)c(C)c1-c1ccccc1.Cc1cccc(C)c1-c1cc[c-]c(N2[CH-]N(C)c3ccccc32)c1.[Rh+3].[Rh+3].[Rh+3].[Rh+3].[c-]1ccccc1-c1ccccn1.[c-]1ccccc1-c1ccccn1.[c-]1ccccc1-c1ccccn1.[c-]1ccccc1-c1ccccn1. The van der Waals surface area contributed by atoms with Gasteiger partial charge in [0.1, 0.15) is 0 Å². The number of para-hydroxylation sites is 8. The molecule has 0 bridgehead atoms. The van der Waals surface area contributed by atoms with Gasteiger partial charge >= 0.3 is 77.9 Å². The molecule has 20 aromatic rings. The van der Waals surface area contributed by atoms with Crippen LogP contribution in [0.2, 0.25) is 0 Å². The molecule has 8 heterocycles. The van der Waals surface area contributed by atoms with Crippen molar-refractivity contribution in [3.05, 3.63) is 559 Å². The molecule has 4 aliphatic rings. The van der Waals surface area contributed by atoms with E-state index in [1.54, 1.807) is 24.8 Å². The summed E-state index contributed by atoms with van der Waals surface area (Å²) >= 11 is 0. The van der Waals surface area contributed by atoms with Crippen molar-refractivity contribution in [1.82, 2.24) is 19.9 Å². The van der Waals surface area contributed by atoms with Gasteiger partial charge in [0, 0.05) is 70.3 Å². The van der Waals surface area contributed by atoms with E-state index in [0.717, 1.165) is 67.8 Å². The van der Waals surface area contributed by atoms with Gasteiger partial charge in [0.15, 0.2) is 0 Å². The van der Waals surface area contributed by atoms with Crippen LogP contribution >= 0.6 is 0 Å². The molecule has 0 unspecified atom stereocenters. The first kappa shape index (κ1) is 106. The average Bonchev–Trinajstić information content (AvgIpc) is 1.52. The maximum absolute atomic E-state index is 4.22. The second-order valence-corrected chi connectivity index (χ2v) is 33.4. The van der Waals surface area contributed by atoms with Crippen LogP contribution in [0.15, 0.2) is 462 Å². The number of hydrogen-bond donors (Lipinski definition) is 0. The third-order valence-corrected chi connectivity index (χ3v) is 23.8. The number of aromatic nitrogens is 4. The molecule has 0 spiro atoms. The fraction of sp³-hybridized carbons (Fsp3) is 0.0625. The Morgan fingerprint density at radius 3 is 0.785 bits per heavy atom. The molecule has 0 atom stereocenters. The fourth-order valence-electron chi connectivity index (χ4n) is 17.0. The molecule has 0 aliphatic carbocycles. The largest absolute Gasteiger partial charge is 3.00 e. The summed E-state index contributed by atoms with van der Waals surface area (Å²) in [6, 6.07) is 174. The minimum Gasteiger partial charge on any atom is -0.504 e. The minimum absolute atomic E-state index is 0. The van der Waals surface area contributed by atoms with Gasteiger partial charge in [0.2, 0.25) is 0 Å². The second-order valence-electron chi connectivity index (χ2n) is 33.4. The molecule has 0 saturated carbocycles. The average molecular weight is 2220 g/mol. The van der Waals surface area contributed by atoms with Crippen LogP contribution in [0, 0.1) is 103 Å². The second kappa shape index (κ2) is 53.2. The maximum atomic E-state index is 4.22. The summed E-state index contributed by atoms with van der Waals surface area (Å²) in [5.74, 6) is 0. The van der Waals surface area contributed by atoms with Crippen LogP contribution in [0.25, 0.3) is 89.5 Å². The molecule has 0 radical (unpaired) electrons. The number of fused-ring (bicyclic) bond motifs is 4. The first-order chi connectivity index (χ1) is 68.8. The van der Waals surface area contributed by atoms with Crippen molar-refractivity contribution in [3.63, 3.8) is 0 Å². The summed E-state index contributed by atoms with van der Waals surface area (Å²) in [6.07, 6.45) is 7.15. The van der Waals surface area contributed by atoms with E-state index in [0.29, 0.717) is 0 Å². The number of rotatable bonds is 12. The zero-order chi connectivity index (χ0) is 96.1. The van der Waals surface area contributed by atoms with Crippen molar-refractivity contribution in [2.75, 3.05) is 67.4 Å². The Morgan fingerprint density at radius 1 is 0.208 bits per heavy atom. The van der Waals surface area contributed by atoms with Gasteiger partial charge in [-0.3, -0.25) is 0 Å². The molecular formula is C128H104N12Rh4. The van der Waals surface area contributed by atoms with E-state index < -0.39 is 0 Å². The van der Waals surface area contributed by atoms with E-state index >= 15 is 0 Å². The van der Waals surface area contributed by atoms with E-state index in [9.17, 15) is 0 Å². The van der Waals surface area contributed by atoms with Crippen LogP contribution in [0.3, 0.4) is 0 Å². The molecule has 16 aromatic carbocycles. The van der Waals surface area contributed by atoms with Gasteiger partial charge < -0.3 is 59.1 Å². The van der Waals surface area contributed by atoms with E-state index in [4.69, 9.17) is 0 Å². The van der Waals surface area contributed by atoms with Gasteiger partial charge in [-0.05, 0) is 171 Å². The minimum atomic E-state index is 0. The fourth-order valence-corrected chi connectivity index (χ4v) is 17.0. The van der Waals surface area contributed by atoms with Gasteiger partial charge in [0.25, 0.3) is 0 Å². The predicted molar refractivity (Wildman–Crippen MR) is 581 cm³/mol. The zero-order valence-corrected chi connectivity index (χ0v) is 87.4. The molecule has 712 valence electrons. The normalized spacial score (nSPS) is 11.7. The first-order valence-electron chi connectivity index (χ1n) is 46.5. The van der Waals surface area contributed by atoms with E-state index in [1.807, 2.05) is 200 Å². The van der Waals surface area contributed by atoms with Crippen LogP contribution in [0.1, 0.15) is 22.3 Å². The summed E-state index contributed by atoms with van der Waals surface area (Å²) in [6.45, 7) is 17.1. The molecule has 4 aliphatic heterocycles. The molecule has 12 nitrogen and oxygen atoms in total. The summed E-state index contributed by atoms with van der Waals surface area (Å²) < 4.78 is 0. The number of pyridine rings is 4. The predicted octanol–water partition coefficient (Wildman–Crippen LogP) is 30.9. The molecule has 0 saturated heterocycles. The number of anilines is 12. The molecular weight excluding hydrogens is 2120 g/mol. The zero-order valence-electron chi connectivity index (χ0n) is 80.9. The third kappa shape index (κ3) is 26.9. The Balaban J connectivity index is 0.000000140. The Labute approximate surface area is 901 Å². The molecule has 0 amide bonds. The van der Waals surface area contributed by atoms with Gasteiger partial charge in [-0.25, -0.2) is 0 Å². The summed E-state index contributed by atoms with van der Waals surface area (Å²) in [4.78, 5) is 34.2. The standard InChI is InChI=1S/2C22H20N2.2C20H16N2.4C11H8N.4Rh/c1-16-8-6-9-17(2)22(16)18-10-7-11-19(14-18)24-15-23(3)20-12-4-5-13-21(20)24;1-16-13-14-19(17(2)22(16)18-9-5-4-6-10-18)24-15-23(3)20-11-7-8-12-21(20)24;2*1-21-15-22(20-13-6-5-12-19(20)21)18-11-7-10-17(14-18)16-8-3-2-4-9-16;4*1-2-6-10(7-3-1)11-8-4-5-9-12-11;;;;/h4-10,12-15H,1-3H3;4-13,15H,1-3H3;2*2-10,12-15H,1H3;4*1-6,8-9H;;;;/q4*-2;4*-1;4*+3. The molecule has 0 N–H and O–H groups in total. The Hall–Kier alpha value is -15.0. The topological polar surface area (TPSA) is 77.5 Å². The molecule has 4 aromatic heterocycles. The summed E-state index contributed by atoms with van der Waals surface area (Å²) in [5.41, 5.74) is 37.0. The van der Waals surface area contributed by atoms with E-state index in [1.165, 1.54) is 112 Å². The van der Waals surface area contributed by atoms with Crippen molar-refractivity contribution in [3.8, 4) is 89.5 Å². The van der Waals surface area contributed by atoms with Gasteiger partial charge in [-0.1, -0.05) is 220 Å². The molecule has 24 rings (SSSR count). The van der Waals surface area contributed by atoms with Crippen molar-refractivity contribution in [2.45, 2.75) is 27.7 Å². The van der Waals surface area contributed by atoms with Crippen molar-refractivity contribution >= 4 is 68.2 Å².